The molecule has 3 N–H and O–H groups in total. The molecule has 11 heteroatoms. The molecule has 2 aliphatic rings. The fourth-order valence-electron chi connectivity index (χ4n) is 4.90. The van der Waals surface area contributed by atoms with E-state index >= 15 is 0 Å². The summed E-state index contributed by atoms with van der Waals surface area (Å²) < 4.78 is 10.8. The highest BCUT2D eigenvalue weighted by Crippen LogP contribution is 2.24. The molecule has 2 heterocycles. The number of likely N-dealkylation sites (tertiary alicyclic amines) is 1. The molecule has 38 heavy (non-hydrogen) atoms. The van der Waals surface area contributed by atoms with Crippen LogP contribution in [0.25, 0.3) is 0 Å². The molecule has 1 aromatic rings. The van der Waals surface area contributed by atoms with Crippen LogP contribution in [0.4, 0.5) is 4.79 Å². The molecule has 0 aromatic heterocycles. The Morgan fingerprint density at radius 2 is 1.92 bits per heavy atom. The molecule has 1 aromatic carbocycles. The highest BCUT2D eigenvalue weighted by atomic mass is 16.5. The first-order valence-electron chi connectivity index (χ1n) is 13.2. The van der Waals surface area contributed by atoms with Gasteiger partial charge in [0.05, 0.1) is 25.2 Å². The summed E-state index contributed by atoms with van der Waals surface area (Å²) in [6.45, 7) is 8.99. The van der Waals surface area contributed by atoms with Crippen LogP contribution in [-0.4, -0.2) is 95.9 Å². The van der Waals surface area contributed by atoms with Gasteiger partial charge in [0.1, 0.15) is 18.2 Å². The maximum Gasteiger partial charge on any atom is 0.475 e. The van der Waals surface area contributed by atoms with Gasteiger partial charge in [0.25, 0.3) is 5.91 Å². The van der Waals surface area contributed by atoms with Gasteiger partial charge in [-0.05, 0) is 58.1 Å². The second-order valence-electron chi connectivity index (χ2n) is 10.5. The number of rotatable bonds is 9. The van der Waals surface area contributed by atoms with Gasteiger partial charge in [-0.25, -0.2) is 4.79 Å². The van der Waals surface area contributed by atoms with Crippen molar-refractivity contribution in [2.75, 3.05) is 39.5 Å². The maximum absolute atomic E-state index is 13.4. The van der Waals surface area contributed by atoms with Crippen LogP contribution >= 0.6 is 0 Å². The van der Waals surface area contributed by atoms with Gasteiger partial charge >= 0.3 is 13.2 Å². The van der Waals surface area contributed by atoms with E-state index in [0.717, 1.165) is 37.1 Å². The zero-order valence-electron chi connectivity index (χ0n) is 22.6. The van der Waals surface area contributed by atoms with Crippen molar-refractivity contribution in [3.8, 4) is 6.07 Å². The minimum atomic E-state index is -1.77. The first-order chi connectivity index (χ1) is 18.1. The number of benzene rings is 1. The van der Waals surface area contributed by atoms with E-state index in [1.165, 1.54) is 0 Å². The van der Waals surface area contributed by atoms with E-state index in [1.54, 1.807) is 11.0 Å². The number of hydrogen-bond acceptors (Lipinski definition) is 8. The van der Waals surface area contributed by atoms with Gasteiger partial charge in [-0.1, -0.05) is 29.8 Å². The molecule has 2 fully saturated rings. The number of amides is 2. The van der Waals surface area contributed by atoms with Crippen molar-refractivity contribution >= 4 is 19.1 Å². The topological polar surface area (TPSA) is 135 Å². The van der Waals surface area contributed by atoms with E-state index in [9.17, 15) is 24.9 Å². The van der Waals surface area contributed by atoms with Crippen LogP contribution in [0, 0.1) is 18.3 Å². The van der Waals surface area contributed by atoms with Crippen molar-refractivity contribution in [3.63, 3.8) is 0 Å². The highest BCUT2D eigenvalue weighted by Gasteiger charge is 2.33. The molecular weight excluding hydrogens is 487 g/mol. The number of nitriles is 1. The number of aryl methyl sites for hydroxylation is 1. The normalized spacial score (nSPS) is 19.8. The predicted octanol–water partition coefficient (Wildman–Crippen LogP) is 1.59. The highest BCUT2D eigenvalue weighted by molar-refractivity contribution is 6.43. The van der Waals surface area contributed by atoms with Gasteiger partial charge in [0.2, 0.25) is 0 Å². The monoisotopic (exact) mass is 526 g/mol. The van der Waals surface area contributed by atoms with Gasteiger partial charge < -0.3 is 29.7 Å². The molecule has 0 bridgehead atoms. The Hall–Kier alpha value is -2.91. The number of hydrogen-bond donors (Lipinski definition) is 3. The summed E-state index contributed by atoms with van der Waals surface area (Å²) in [6.07, 6.45) is 3.46. The van der Waals surface area contributed by atoms with Crippen molar-refractivity contribution in [2.45, 2.75) is 64.0 Å². The van der Waals surface area contributed by atoms with Crippen LogP contribution in [0.15, 0.2) is 35.9 Å². The van der Waals surface area contributed by atoms with Crippen LogP contribution in [0.1, 0.15) is 44.2 Å². The minimum absolute atomic E-state index is 0.0537. The Kier molecular flexibility index (Phi) is 10.7. The summed E-state index contributed by atoms with van der Waals surface area (Å²) in [4.78, 5) is 29.7. The van der Waals surface area contributed by atoms with Gasteiger partial charge in [-0.15, -0.1) is 0 Å². The fraction of sp³-hybridized carbons (Fsp3) is 0.593. The molecule has 0 spiro atoms. The lowest BCUT2D eigenvalue weighted by Gasteiger charge is -2.39. The summed E-state index contributed by atoms with van der Waals surface area (Å²) in [5, 5.41) is 31.9. The smallest absolute Gasteiger partial charge is 0.447 e. The van der Waals surface area contributed by atoms with Gasteiger partial charge in [0, 0.05) is 25.2 Å². The number of ether oxygens (including phenoxy) is 2. The molecule has 2 aliphatic heterocycles. The Bertz CT molecular complexity index is 1020. The molecule has 0 unspecified atom stereocenters. The molecule has 0 saturated carbocycles. The third-order valence-electron chi connectivity index (χ3n) is 7.21. The molecule has 0 aliphatic carbocycles. The van der Waals surface area contributed by atoms with E-state index in [-0.39, 0.29) is 30.5 Å². The SMILES string of the molecule is Cc1ccc(C[C@H](NC(=O)OC[C@H]2CCCCN2C(=O)/C(C#N)=C/C(C)(C)N2CCOCC2)B(O)O)cc1. The number of nitrogens with one attached hydrogen (secondary N) is 1. The zero-order chi connectivity index (χ0) is 27.7. The molecule has 10 nitrogen and oxygen atoms in total. The second-order valence-corrected chi connectivity index (χ2v) is 10.5. The lowest BCUT2D eigenvalue weighted by atomic mass is 9.76. The maximum atomic E-state index is 13.4. The van der Waals surface area contributed by atoms with E-state index < -0.39 is 24.7 Å². The molecule has 2 atom stereocenters. The molecule has 2 amide bonds. The lowest BCUT2D eigenvalue weighted by Crippen LogP contribution is -2.51. The fourth-order valence-corrected chi connectivity index (χ4v) is 4.90. The van der Waals surface area contributed by atoms with Gasteiger partial charge in [-0.3, -0.25) is 9.69 Å². The van der Waals surface area contributed by atoms with Crippen LogP contribution < -0.4 is 5.32 Å². The molecule has 0 radical (unpaired) electrons. The van der Waals surface area contributed by atoms with Crippen molar-refractivity contribution in [1.29, 1.82) is 5.26 Å². The summed E-state index contributed by atoms with van der Waals surface area (Å²) in [7, 11) is -1.77. The van der Waals surface area contributed by atoms with Crippen molar-refractivity contribution in [3.05, 3.63) is 47.0 Å². The van der Waals surface area contributed by atoms with Crippen molar-refractivity contribution in [1.82, 2.24) is 15.1 Å². The number of alkyl carbamates (subject to hydrolysis) is 1. The van der Waals surface area contributed by atoms with Crippen LogP contribution in [0.5, 0.6) is 0 Å². The van der Waals surface area contributed by atoms with Crippen molar-refractivity contribution < 1.29 is 29.1 Å². The molecule has 3 rings (SSSR count). The lowest BCUT2D eigenvalue weighted by molar-refractivity contribution is -0.131. The van der Waals surface area contributed by atoms with E-state index in [0.29, 0.717) is 26.2 Å². The Labute approximate surface area is 225 Å². The summed E-state index contributed by atoms with van der Waals surface area (Å²) in [5.74, 6) is -1.32. The predicted molar refractivity (Wildman–Crippen MR) is 143 cm³/mol. The third-order valence-corrected chi connectivity index (χ3v) is 7.21. The number of carbonyl (C=O) groups is 2. The average molecular weight is 526 g/mol. The number of piperidine rings is 1. The summed E-state index contributed by atoms with van der Waals surface area (Å²) in [5.41, 5.74) is 1.49. The standard InChI is InChI=1S/C27H39BN4O6/c1-20-7-9-21(10-8-20)16-24(28(35)36)30-26(34)38-19-23-6-4-5-11-32(23)25(33)22(18-29)17-27(2,3)31-12-14-37-15-13-31/h7-10,17,23-24,35-36H,4-6,11-16,19H2,1-3H3,(H,30,34)/b22-17+/t23-,24+/m1/s1. The van der Waals surface area contributed by atoms with Crippen molar-refractivity contribution in [2.24, 2.45) is 0 Å². The third kappa shape index (κ3) is 8.30. The zero-order valence-corrected chi connectivity index (χ0v) is 22.6. The average Bonchev–Trinajstić information content (AvgIpc) is 2.91. The Morgan fingerprint density at radius 3 is 2.55 bits per heavy atom. The van der Waals surface area contributed by atoms with Crippen LogP contribution in [0.2, 0.25) is 0 Å². The molecule has 206 valence electrons. The Balaban J connectivity index is 1.61. The number of carbonyl (C=O) groups excluding carboxylic acids is 2. The molecule has 2 saturated heterocycles. The quantitative estimate of drug-likeness (QED) is 0.251. The molecular formula is C27H39BN4O6. The van der Waals surface area contributed by atoms with Gasteiger partial charge in [-0.2, -0.15) is 5.26 Å². The second kappa shape index (κ2) is 13.8. The first kappa shape index (κ1) is 29.6. The largest absolute Gasteiger partial charge is 0.475 e. The Morgan fingerprint density at radius 1 is 1.24 bits per heavy atom. The van der Waals surface area contributed by atoms with E-state index in [2.05, 4.69) is 16.3 Å². The van der Waals surface area contributed by atoms with Gasteiger partial charge in [0.15, 0.2) is 0 Å². The van der Waals surface area contributed by atoms with Crippen LogP contribution in [-0.2, 0) is 20.7 Å². The van der Waals surface area contributed by atoms with E-state index in [4.69, 9.17) is 9.47 Å². The minimum Gasteiger partial charge on any atom is -0.447 e. The number of nitrogens with zero attached hydrogens (tertiary/aromatic N) is 3. The summed E-state index contributed by atoms with van der Waals surface area (Å²) >= 11 is 0. The number of morpholine rings is 1. The van der Waals surface area contributed by atoms with E-state index in [1.807, 2.05) is 45.0 Å². The summed E-state index contributed by atoms with van der Waals surface area (Å²) in [6, 6.07) is 9.26. The first-order valence-corrected chi connectivity index (χ1v) is 13.2. The van der Waals surface area contributed by atoms with Crippen LogP contribution in [0.3, 0.4) is 0 Å².